The second kappa shape index (κ2) is 8.57. The highest BCUT2D eigenvalue weighted by molar-refractivity contribution is 9.10. The second-order valence-electron chi connectivity index (χ2n) is 5.61. The van der Waals surface area contributed by atoms with Crippen LogP contribution in [0.15, 0.2) is 28.7 Å². The zero-order chi connectivity index (χ0) is 17.5. The monoisotopic (exact) mass is 385 g/mol. The van der Waals surface area contributed by atoms with Gasteiger partial charge in [0.1, 0.15) is 18.0 Å². The van der Waals surface area contributed by atoms with E-state index in [0.29, 0.717) is 15.8 Å². The van der Waals surface area contributed by atoms with Gasteiger partial charge < -0.3 is 19.9 Å². The first-order chi connectivity index (χ1) is 10.7. The van der Waals surface area contributed by atoms with Crippen LogP contribution in [0.25, 0.3) is 6.08 Å². The third kappa shape index (κ3) is 7.69. The van der Waals surface area contributed by atoms with Crippen LogP contribution in [0.1, 0.15) is 26.3 Å². The van der Waals surface area contributed by atoms with Gasteiger partial charge in [-0.2, -0.15) is 0 Å². The van der Waals surface area contributed by atoms with Crippen molar-refractivity contribution in [1.29, 1.82) is 0 Å². The molecule has 0 aliphatic heterocycles. The molecule has 126 valence electrons. The molecule has 0 radical (unpaired) electrons. The molecule has 0 saturated carbocycles. The van der Waals surface area contributed by atoms with Gasteiger partial charge in [-0.15, -0.1) is 0 Å². The van der Waals surface area contributed by atoms with Gasteiger partial charge in [-0.1, -0.05) is 12.1 Å². The maximum atomic E-state index is 11.5. The molecule has 1 amide bonds. The van der Waals surface area contributed by atoms with Gasteiger partial charge in [-0.3, -0.25) is 0 Å². The molecule has 0 aliphatic carbocycles. The van der Waals surface area contributed by atoms with E-state index in [-0.39, 0.29) is 13.2 Å². The van der Waals surface area contributed by atoms with Crippen molar-refractivity contribution in [3.8, 4) is 5.75 Å². The van der Waals surface area contributed by atoms with Gasteiger partial charge in [0.25, 0.3) is 0 Å². The highest BCUT2D eigenvalue weighted by Gasteiger charge is 2.15. The number of carbonyl (C=O) groups is 2. The molecule has 0 saturated heterocycles. The standard InChI is InChI=1S/C16H20BrNO5/c1-16(2,3)23-15(21)18-9-10-22-14-11(7-8-13(19)20)5-4-6-12(14)17/h4-8H,9-10H2,1-3H3,(H,18,21)(H,19,20). The number of hydrogen-bond acceptors (Lipinski definition) is 4. The summed E-state index contributed by atoms with van der Waals surface area (Å²) >= 11 is 3.36. The summed E-state index contributed by atoms with van der Waals surface area (Å²) in [7, 11) is 0. The number of carbonyl (C=O) groups excluding carboxylic acids is 1. The highest BCUT2D eigenvalue weighted by atomic mass is 79.9. The number of amides is 1. The number of ether oxygens (including phenoxy) is 2. The Kier molecular flexibility index (Phi) is 7.09. The number of alkyl carbamates (subject to hydrolysis) is 1. The lowest BCUT2D eigenvalue weighted by molar-refractivity contribution is -0.131. The van der Waals surface area contributed by atoms with Gasteiger partial charge in [-0.25, -0.2) is 9.59 Å². The molecule has 1 rings (SSSR count). The summed E-state index contributed by atoms with van der Waals surface area (Å²) in [4.78, 5) is 22.1. The number of para-hydroxylation sites is 1. The normalized spacial score (nSPS) is 11.3. The Labute approximate surface area is 143 Å². The van der Waals surface area contributed by atoms with E-state index in [1.807, 2.05) is 0 Å². The first kappa shape index (κ1) is 19.0. The number of aliphatic carboxylic acids is 1. The van der Waals surface area contributed by atoms with Crippen LogP contribution in [0.3, 0.4) is 0 Å². The highest BCUT2D eigenvalue weighted by Crippen LogP contribution is 2.29. The average molecular weight is 386 g/mol. The summed E-state index contributed by atoms with van der Waals surface area (Å²) in [5.41, 5.74) is 0.0707. The molecule has 0 aromatic heterocycles. The van der Waals surface area contributed by atoms with Gasteiger partial charge in [0.2, 0.25) is 0 Å². The predicted molar refractivity (Wildman–Crippen MR) is 90.5 cm³/mol. The zero-order valence-electron chi connectivity index (χ0n) is 13.3. The van der Waals surface area contributed by atoms with Crippen molar-refractivity contribution in [2.45, 2.75) is 26.4 Å². The first-order valence-corrected chi connectivity index (χ1v) is 7.77. The number of carboxylic acids is 1. The largest absolute Gasteiger partial charge is 0.490 e. The van der Waals surface area contributed by atoms with Crippen molar-refractivity contribution in [2.24, 2.45) is 0 Å². The molecule has 7 heteroatoms. The first-order valence-electron chi connectivity index (χ1n) is 6.98. The summed E-state index contributed by atoms with van der Waals surface area (Å²) in [5.74, 6) is -0.529. The van der Waals surface area contributed by atoms with E-state index in [1.54, 1.807) is 39.0 Å². The van der Waals surface area contributed by atoms with Crippen LogP contribution in [-0.4, -0.2) is 35.9 Å². The zero-order valence-corrected chi connectivity index (χ0v) is 14.8. The van der Waals surface area contributed by atoms with Gasteiger partial charge in [-0.05, 0) is 48.8 Å². The van der Waals surface area contributed by atoms with Crippen molar-refractivity contribution >= 4 is 34.1 Å². The molecule has 0 fully saturated rings. The lowest BCUT2D eigenvalue weighted by Gasteiger charge is -2.19. The van der Waals surface area contributed by atoms with Crippen molar-refractivity contribution < 1.29 is 24.2 Å². The third-order valence-corrected chi connectivity index (χ3v) is 3.04. The average Bonchev–Trinajstić information content (AvgIpc) is 2.41. The Hall–Kier alpha value is -2.02. The Bertz CT molecular complexity index is 593. The number of hydrogen-bond donors (Lipinski definition) is 2. The quantitative estimate of drug-likeness (QED) is 0.578. The van der Waals surface area contributed by atoms with Crippen LogP contribution in [0.5, 0.6) is 5.75 Å². The predicted octanol–water partition coefficient (Wildman–Crippen LogP) is 3.45. The number of benzene rings is 1. The topological polar surface area (TPSA) is 84.9 Å². The molecular weight excluding hydrogens is 366 g/mol. The maximum absolute atomic E-state index is 11.5. The van der Waals surface area contributed by atoms with Crippen molar-refractivity contribution in [3.05, 3.63) is 34.3 Å². The lowest BCUT2D eigenvalue weighted by atomic mass is 10.2. The molecule has 23 heavy (non-hydrogen) atoms. The van der Waals surface area contributed by atoms with Crippen LogP contribution in [0.2, 0.25) is 0 Å². The molecule has 1 aromatic carbocycles. The van der Waals surface area contributed by atoms with Crippen molar-refractivity contribution in [1.82, 2.24) is 5.32 Å². The SMILES string of the molecule is CC(C)(C)OC(=O)NCCOc1c(Br)cccc1C=CC(=O)O. The van der Waals surface area contributed by atoms with Crippen LogP contribution < -0.4 is 10.1 Å². The van der Waals surface area contributed by atoms with E-state index in [2.05, 4.69) is 21.2 Å². The lowest BCUT2D eigenvalue weighted by Crippen LogP contribution is -2.34. The molecule has 0 aliphatic rings. The molecule has 6 nitrogen and oxygen atoms in total. The van der Waals surface area contributed by atoms with E-state index in [1.165, 1.54) is 6.08 Å². The minimum atomic E-state index is -1.04. The van der Waals surface area contributed by atoms with Gasteiger partial charge >= 0.3 is 12.1 Å². The molecule has 0 heterocycles. The van der Waals surface area contributed by atoms with Gasteiger partial charge in [0.05, 0.1) is 11.0 Å². The van der Waals surface area contributed by atoms with Gasteiger partial charge in [0, 0.05) is 11.6 Å². The molecule has 2 N–H and O–H groups in total. The summed E-state index contributed by atoms with van der Waals surface area (Å²) in [5, 5.41) is 11.3. The Morgan fingerprint density at radius 2 is 2.04 bits per heavy atom. The number of nitrogens with one attached hydrogen (secondary N) is 1. The Morgan fingerprint density at radius 1 is 1.35 bits per heavy atom. The van der Waals surface area contributed by atoms with E-state index in [0.717, 1.165) is 6.08 Å². The fourth-order valence-corrected chi connectivity index (χ4v) is 2.09. The molecular formula is C16H20BrNO5. The van der Waals surface area contributed by atoms with Crippen molar-refractivity contribution in [3.63, 3.8) is 0 Å². The fraction of sp³-hybridized carbons (Fsp3) is 0.375. The summed E-state index contributed by atoms with van der Waals surface area (Å²) in [6.45, 7) is 5.83. The van der Waals surface area contributed by atoms with Crippen LogP contribution >= 0.6 is 15.9 Å². The maximum Gasteiger partial charge on any atom is 0.407 e. The molecule has 0 spiro atoms. The molecule has 0 atom stereocenters. The third-order valence-electron chi connectivity index (χ3n) is 2.42. The summed E-state index contributed by atoms with van der Waals surface area (Å²) in [6, 6.07) is 5.30. The minimum Gasteiger partial charge on any atom is -0.490 e. The Balaban J connectivity index is 2.58. The summed E-state index contributed by atoms with van der Waals surface area (Å²) in [6.07, 6.45) is 1.97. The van der Waals surface area contributed by atoms with Gasteiger partial charge in [0.15, 0.2) is 0 Å². The van der Waals surface area contributed by atoms with Crippen LogP contribution in [0.4, 0.5) is 4.79 Å². The Morgan fingerprint density at radius 3 is 2.65 bits per heavy atom. The smallest absolute Gasteiger partial charge is 0.407 e. The minimum absolute atomic E-state index is 0.218. The summed E-state index contributed by atoms with van der Waals surface area (Å²) < 4.78 is 11.4. The van der Waals surface area contributed by atoms with E-state index < -0.39 is 17.7 Å². The van der Waals surface area contributed by atoms with Crippen LogP contribution in [-0.2, 0) is 9.53 Å². The second-order valence-corrected chi connectivity index (χ2v) is 6.46. The molecule has 1 aromatic rings. The fourth-order valence-electron chi connectivity index (χ4n) is 1.59. The molecule has 0 unspecified atom stereocenters. The van der Waals surface area contributed by atoms with E-state index in [9.17, 15) is 9.59 Å². The van der Waals surface area contributed by atoms with E-state index >= 15 is 0 Å². The van der Waals surface area contributed by atoms with Crippen LogP contribution in [0, 0.1) is 0 Å². The molecule has 0 bridgehead atoms. The number of carboxylic acid groups (broad SMARTS) is 1. The number of rotatable bonds is 6. The van der Waals surface area contributed by atoms with E-state index in [4.69, 9.17) is 14.6 Å². The van der Waals surface area contributed by atoms with Crippen molar-refractivity contribution in [2.75, 3.05) is 13.2 Å². The number of halogens is 1.